The second-order valence-corrected chi connectivity index (χ2v) is 10.6. The van der Waals surface area contributed by atoms with Crippen molar-refractivity contribution < 1.29 is 13.6 Å². The maximum Gasteiger partial charge on any atom is 0.266 e. The van der Waals surface area contributed by atoms with E-state index >= 15 is 0 Å². The minimum atomic E-state index is -0.358. The summed E-state index contributed by atoms with van der Waals surface area (Å²) in [6, 6.07) is 17.6. The smallest absolute Gasteiger partial charge is 0.266 e. The minimum Gasteiger partial charge on any atom is -0.331 e. The van der Waals surface area contributed by atoms with Crippen LogP contribution in [0, 0.1) is 18.6 Å². The highest BCUT2D eigenvalue weighted by Gasteiger charge is 2.30. The molecule has 1 aromatic heterocycles. The molecule has 6 heteroatoms. The zero-order chi connectivity index (χ0) is 24.5. The van der Waals surface area contributed by atoms with Gasteiger partial charge in [-0.2, -0.15) is 0 Å². The fourth-order valence-electron chi connectivity index (χ4n) is 5.03. The van der Waals surface area contributed by atoms with Crippen LogP contribution in [-0.4, -0.2) is 16.8 Å². The molecule has 0 N–H and O–H groups in total. The van der Waals surface area contributed by atoms with Gasteiger partial charge in [0.2, 0.25) is 0 Å². The molecule has 0 spiro atoms. The standard InChI is InChI=1S/C29H26ClF2NOS/c1-18-13-14-24(32)27-25(18)26(30)28(35-27)29(34)33(23-11-3-2-4-12-23)17-19-7-5-8-20(15-19)21-9-6-10-22(31)16-21/h5-10,13-16,23H,2-4,11-12,17H2,1H3. The van der Waals surface area contributed by atoms with Gasteiger partial charge in [-0.25, -0.2) is 8.78 Å². The first kappa shape index (κ1) is 24.0. The highest BCUT2D eigenvalue weighted by atomic mass is 35.5. The Morgan fingerprint density at radius 1 is 1.00 bits per heavy atom. The Kier molecular flexibility index (Phi) is 6.90. The summed E-state index contributed by atoms with van der Waals surface area (Å²) in [4.78, 5) is 16.2. The molecule has 2 nitrogen and oxygen atoms in total. The van der Waals surface area contributed by atoms with Gasteiger partial charge in [0.15, 0.2) is 0 Å². The predicted molar refractivity (Wildman–Crippen MR) is 140 cm³/mol. The Labute approximate surface area is 213 Å². The van der Waals surface area contributed by atoms with E-state index in [0.717, 1.165) is 59.3 Å². The van der Waals surface area contributed by atoms with Gasteiger partial charge in [-0.3, -0.25) is 4.79 Å². The molecule has 0 aliphatic heterocycles. The topological polar surface area (TPSA) is 20.3 Å². The lowest BCUT2D eigenvalue weighted by atomic mass is 9.93. The number of carbonyl (C=O) groups excluding carboxylic acids is 1. The maximum absolute atomic E-state index is 14.6. The molecule has 0 bridgehead atoms. The Morgan fingerprint density at radius 3 is 2.43 bits per heavy atom. The average Bonchev–Trinajstić information content (AvgIpc) is 3.23. The molecule has 5 rings (SSSR count). The number of benzene rings is 3. The van der Waals surface area contributed by atoms with E-state index < -0.39 is 0 Å². The monoisotopic (exact) mass is 509 g/mol. The lowest BCUT2D eigenvalue weighted by molar-refractivity contribution is 0.0619. The summed E-state index contributed by atoms with van der Waals surface area (Å²) in [6.07, 6.45) is 5.19. The predicted octanol–water partition coefficient (Wildman–Crippen LogP) is 8.78. The summed E-state index contributed by atoms with van der Waals surface area (Å²) in [7, 11) is 0. The number of aryl methyl sites for hydroxylation is 1. The molecule has 1 aliphatic rings. The Morgan fingerprint density at radius 2 is 1.71 bits per heavy atom. The molecule has 0 saturated heterocycles. The third-order valence-corrected chi connectivity index (χ3v) is 8.53. The molecule has 180 valence electrons. The van der Waals surface area contributed by atoms with Gasteiger partial charge in [-0.15, -0.1) is 11.3 Å². The SMILES string of the molecule is Cc1ccc(F)c2sc(C(=O)N(Cc3cccc(-c4cccc(F)c4)c3)C3CCCCC3)c(Cl)c12. The molecular weight excluding hydrogens is 484 g/mol. The van der Waals surface area contributed by atoms with Crippen molar-refractivity contribution in [2.24, 2.45) is 0 Å². The lowest BCUT2D eigenvalue weighted by Gasteiger charge is -2.34. The van der Waals surface area contributed by atoms with Crippen LogP contribution >= 0.6 is 22.9 Å². The van der Waals surface area contributed by atoms with Crippen molar-refractivity contribution in [3.63, 3.8) is 0 Å². The van der Waals surface area contributed by atoms with Crippen molar-refractivity contribution in [2.75, 3.05) is 0 Å². The first-order valence-electron chi connectivity index (χ1n) is 12.0. The number of amides is 1. The molecule has 4 aromatic rings. The summed E-state index contributed by atoms with van der Waals surface area (Å²) in [5.41, 5.74) is 3.51. The number of hydrogen-bond acceptors (Lipinski definition) is 2. The summed E-state index contributed by atoms with van der Waals surface area (Å²) in [5.74, 6) is -0.796. The van der Waals surface area contributed by atoms with E-state index in [1.54, 1.807) is 12.1 Å². The lowest BCUT2D eigenvalue weighted by Crippen LogP contribution is -2.40. The molecule has 1 saturated carbocycles. The van der Waals surface area contributed by atoms with E-state index in [9.17, 15) is 13.6 Å². The van der Waals surface area contributed by atoms with Crippen molar-refractivity contribution in [1.82, 2.24) is 4.90 Å². The van der Waals surface area contributed by atoms with E-state index in [2.05, 4.69) is 0 Å². The van der Waals surface area contributed by atoms with Crippen LogP contribution in [0.25, 0.3) is 21.2 Å². The molecule has 3 aromatic carbocycles. The number of thiophene rings is 1. The van der Waals surface area contributed by atoms with Crippen molar-refractivity contribution in [1.29, 1.82) is 0 Å². The maximum atomic E-state index is 14.6. The Bertz CT molecular complexity index is 1390. The van der Waals surface area contributed by atoms with E-state index in [-0.39, 0.29) is 23.6 Å². The van der Waals surface area contributed by atoms with E-state index in [0.29, 0.717) is 26.5 Å². The highest BCUT2D eigenvalue weighted by Crippen LogP contribution is 2.40. The fourth-order valence-corrected chi connectivity index (χ4v) is 6.66. The largest absolute Gasteiger partial charge is 0.331 e. The minimum absolute atomic E-state index is 0.0984. The number of fused-ring (bicyclic) bond motifs is 1. The molecule has 0 atom stereocenters. The number of carbonyl (C=O) groups is 1. The van der Waals surface area contributed by atoms with Crippen LogP contribution in [-0.2, 0) is 6.54 Å². The second-order valence-electron chi connectivity index (χ2n) is 9.25. The zero-order valence-corrected chi connectivity index (χ0v) is 21.1. The molecule has 1 fully saturated rings. The van der Waals surface area contributed by atoms with Gasteiger partial charge in [0.1, 0.15) is 16.5 Å². The van der Waals surface area contributed by atoms with E-state index in [1.165, 1.54) is 24.6 Å². The van der Waals surface area contributed by atoms with Gasteiger partial charge < -0.3 is 4.90 Å². The van der Waals surface area contributed by atoms with Crippen molar-refractivity contribution in [3.05, 3.63) is 93.3 Å². The normalized spacial score (nSPS) is 14.4. The first-order valence-corrected chi connectivity index (χ1v) is 13.1. The van der Waals surface area contributed by atoms with Crippen LogP contribution < -0.4 is 0 Å². The van der Waals surface area contributed by atoms with Gasteiger partial charge >= 0.3 is 0 Å². The van der Waals surface area contributed by atoms with Gasteiger partial charge in [-0.1, -0.05) is 67.3 Å². The van der Waals surface area contributed by atoms with Crippen molar-refractivity contribution >= 4 is 38.9 Å². The molecule has 1 heterocycles. The van der Waals surface area contributed by atoms with Crippen LogP contribution in [0.1, 0.15) is 52.9 Å². The second kappa shape index (κ2) is 10.1. The quantitative estimate of drug-likeness (QED) is 0.263. The number of rotatable bonds is 5. The number of halogens is 3. The highest BCUT2D eigenvalue weighted by molar-refractivity contribution is 7.21. The molecular formula is C29H26ClF2NOS. The van der Waals surface area contributed by atoms with Crippen molar-refractivity contribution in [2.45, 2.75) is 51.6 Å². The zero-order valence-electron chi connectivity index (χ0n) is 19.5. The summed E-state index contributed by atoms with van der Waals surface area (Å²) in [5, 5.41) is 0.957. The Hall–Kier alpha value is -2.76. The van der Waals surface area contributed by atoms with Crippen LogP contribution in [0.15, 0.2) is 60.7 Å². The number of nitrogens with zero attached hydrogens (tertiary/aromatic N) is 1. The molecule has 0 unspecified atom stereocenters. The number of hydrogen-bond donors (Lipinski definition) is 0. The van der Waals surface area contributed by atoms with Crippen LogP contribution in [0.2, 0.25) is 5.02 Å². The molecule has 0 radical (unpaired) electrons. The van der Waals surface area contributed by atoms with Crippen LogP contribution in [0.4, 0.5) is 8.78 Å². The third-order valence-electron chi connectivity index (χ3n) is 6.85. The fraction of sp³-hybridized carbons (Fsp3) is 0.276. The van der Waals surface area contributed by atoms with E-state index in [4.69, 9.17) is 11.6 Å². The van der Waals surface area contributed by atoms with Gasteiger partial charge in [0.05, 0.1) is 9.72 Å². The first-order chi connectivity index (χ1) is 16.9. The van der Waals surface area contributed by atoms with Gasteiger partial charge in [-0.05, 0) is 66.3 Å². The third kappa shape index (κ3) is 4.85. The molecule has 1 aliphatic carbocycles. The Balaban J connectivity index is 1.52. The summed E-state index contributed by atoms with van der Waals surface area (Å²) < 4.78 is 28.8. The summed E-state index contributed by atoms with van der Waals surface area (Å²) in [6.45, 7) is 2.30. The van der Waals surface area contributed by atoms with Gasteiger partial charge in [0, 0.05) is 18.0 Å². The molecule has 1 amide bonds. The van der Waals surface area contributed by atoms with Crippen LogP contribution in [0.3, 0.4) is 0 Å². The summed E-state index contributed by atoms with van der Waals surface area (Å²) >= 11 is 7.83. The van der Waals surface area contributed by atoms with Crippen LogP contribution in [0.5, 0.6) is 0 Å². The van der Waals surface area contributed by atoms with Crippen molar-refractivity contribution in [3.8, 4) is 11.1 Å². The van der Waals surface area contributed by atoms with Gasteiger partial charge in [0.25, 0.3) is 5.91 Å². The van der Waals surface area contributed by atoms with E-state index in [1.807, 2.05) is 42.2 Å². The average molecular weight is 510 g/mol. The molecule has 35 heavy (non-hydrogen) atoms.